The summed E-state index contributed by atoms with van der Waals surface area (Å²) in [4.78, 5) is 15.7. The van der Waals surface area contributed by atoms with Gasteiger partial charge in [0.15, 0.2) is 0 Å². The maximum atomic E-state index is 11.9. The minimum atomic E-state index is 0.120. The molecule has 1 aromatic carbocycles. The summed E-state index contributed by atoms with van der Waals surface area (Å²) in [5.41, 5.74) is 7.53. The Morgan fingerprint density at radius 1 is 1.33 bits per heavy atom. The molecule has 2 N–H and O–H groups in total. The summed E-state index contributed by atoms with van der Waals surface area (Å²) in [6, 6.07) is 5.52. The quantitative estimate of drug-likeness (QED) is 0.793. The van der Waals surface area contributed by atoms with Crippen molar-refractivity contribution in [2.75, 3.05) is 44.4 Å². The predicted octanol–water partition coefficient (Wildman–Crippen LogP) is 0.946. The van der Waals surface area contributed by atoms with Crippen LogP contribution in [0, 0.1) is 0 Å². The fourth-order valence-electron chi connectivity index (χ4n) is 2.12. The fourth-order valence-corrected chi connectivity index (χ4v) is 2.12. The number of nitrogens with zero attached hydrogens (tertiary/aromatic N) is 2. The zero-order valence-corrected chi connectivity index (χ0v) is 10.8. The lowest BCUT2D eigenvalue weighted by Gasteiger charge is -2.23. The molecule has 5 heteroatoms. The van der Waals surface area contributed by atoms with Crippen molar-refractivity contribution in [3.63, 3.8) is 0 Å². The Labute approximate surface area is 107 Å². The third-order valence-corrected chi connectivity index (χ3v) is 3.25. The number of nitrogen functional groups attached to an aromatic ring is 1. The van der Waals surface area contributed by atoms with Crippen molar-refractivity contribution in [2.45, 2.75) is 6.42 Å². The number of nitrogens with two attached hydrogens (primary N) is 1. The van der Waals surface area contributed by atoms with Gasteiger partial charge in [-0.1, -0.05) is 0 Å². The average Bonchev–Trinajstić information content (AvgIpc) is 2.53. The SMILES string of the molecule is COc1ccc(N)c(N2CCCN(C)C(=O)C2)c1. The van der Waals surface area contributed by atoms with Crippen molar-refractivity contribution in [1.82, 2.24) is 4.90 Å². The molecule has 1 aliphatic rings. The van der Waals surface area contributed by atoms with E-state index in [9.17, 15) is 4.79 Å². The van der Waals surface area contributed by atoms with Crippen LogP contribution in [-0.2, 0) is 4.79 Å². The molecule has 1 saturated heterocycles. The van der Waals surface area contributed by atoms with Crippen LogP contribution in [0.5, 0.6) is 5.75 Å². The lowest BCUT2D eigenvalue weighted by Crippen LogP contribution is -2.34. The zero-order chi connectivity index (χ0) is 13.1. The highest BCUT2D eigenvalue weighted by molar-refractivity contribution is 5.83. The van der Waals surface area contributed by atoms with E-state index >= 15 is 0 Å². The number of likely N-dealkylation sites (N-methyl/N-ethyl adjacent to an activating group) is 1. The van der Waals surface area contributed by atoms with E-state index in [-0.39, 0.29) is 5.91 Å². The molecule has 0 spiro atoms. The first-order chi connectivity index (χ1) is 8.61. The van der Waals surface area contributed by atoms with Gasteiger partial charge in [0, 0.05) is 26.2 Å². The molecule has 0 bridgehead atoms. The lowest BCUT2D eigenvalue weighted by molar-refractivity contribution is -0.127. The van der Waals surface area contributed by atoms with Crippen LogP contribution in [0.1, 0.15) is 6.42 Å². The van der Waals surface area contributed by atoms with Crippen LogP contribution in [0.4, 0.5) is 11.4 Å². The van der Waals surface area contributed by atoms with E-state index in [2.05, 4.69) is 0 Å². The number of hydrogen-bond acceptors (Lipinski definition) is 4. The van der Waals surface area contributed by atoms with Crippen molar-refractivity contribution >= 4 is 17.3 Å². The summed E-state index contributed by atoms with van der Waals surface area (Å²) < 4.78 is 5.20. The first kappa shape index (κ1) is 12.5. The van der Waals surface area contributed by atoms with Gasteiger partial charge in [0.1, 0.15) is 5.75 Å². The van der Waals surface area contributed by atoms with E-state index in [1.54, 1.807) is 12.0 Å². The third-order valence-electron chi connectivity index (χ3n) is 3.25. The molecule has 1 heterocycles. The zero-order valence-electron chi connectivity index (χ0n) is 10.8. The molecule has 18 heavy (non-hydrogen) atoms. The van der Waals surface area contributed by atoms with E-state index in [1.165, 1.54) is 0 Å². The molecule has 2 rings (SSSR count). The van der Waals surface area contributed by atoms with Crippen molar-refractivity contribution in [1.29, 1.82) is 0 Å². The highest BCUT2D eigenvalue weighted by Gasteiger charge is 2.20. The van der Waals surface area contributed by atoms with Crippen LogP contribution < -0.4 is 15.4 Å². The molecule has 1 fully saturated rings. The summed E-state index contributed by atoms with van der Waals surface area (Å²) in [7, 11) is 3.46. The Morgan fingerprint density at radius 2 is 2.11 bits per heavy atom. The predicted molar refractivity (Wildman–Crippen MR) is 71.9 cm³/mol. The molecule has 5 nitrogen and oxygen atoms in total. The molecular formula is C13H19N3O2. The molecule has 0 radical (unpaired) electrons. The Morgan fingerprint density at radius 3 is 2.83 bits per heavy atom. The van der Waals surface area contributed by atoms with Crippen molar-refractivity contribution < 1.29 is 9.53 Å². The molecular weight excluding hydrogens is 230 g/mol. The van der Waals surface area contributed by atoms with Crippen molar-refractivity contribution in [3.8, 4) is 5.75 Å². The summed E-state index contributed by atoms with van der Waals surface area (Å²) in [5.74, 6) is 0.874. The minimum Gasteiger partial charge on any atom is -0.497 e. The van der Waals surface area contributed by atoms with Crippen LogP contribution >= 0.6 is 0 Å². The summed E-state index contributed by atoms with van der Waals surface area (Å²) >= 11 is 0. The number of amides is 1. The maximum Gasteiger partial charge on any atom is 0.241 e. The Kier molecular flexibility index (Phi) is 3.60. The van der Waals surface area contributed by atoms with E-state index in [0.29, 0.717) is 12.2 Å². The van der Waals surface area contributed by atoms with Gasteiger partial charge in [-0.2, -0.15) is 0 Å². The minimum absolute atomic E-state index is 0.120. The van der Waals surface area contributed by atoms with E-state index in [4.69, 9.17) is 10.5 Å². The van der Waals surface area contributed by atoms with Gasteiger partial charge in [-0.05, 0) is 18.6 Å². The topological polar surface area (TPSA) is 58.8 Å². The number of methoxy groups -OCH3 is 1. The number of anilines is 2. The molecule has 1 aromatic rings. The molecule has 0 aliphatic carbocycles. The highest BCUT2D eigenvalue weighted by atomic mass is 16.5. The Hall–Kier alpha value is -1.91. The second kappa shape index (κ2) is 5.16. The smallest absolute Gasteiger partial charge is 0.241 e. The number of carbonyl (C=O) groups is 1. The molecule has 98 valence electrons. The van der Waals surface area contributed by atoms with Crippen LogP contribution in [-0.4, -0.2) is 44.6 Å². The molecule has 0 aromatic heterocycles. The van der Waals surface area contributed by atoms with Gasteiger partial charge in [-0.15, -0.1) is 0 Å². The summed E-state index contributed by atoms with van der Waals surface area (Å²) in [5, 5.41) is 0. The van der Waals surface area contributed by atoms with Gasteiger partial charge in [0.2, 0.25) is 5.91 Å². The van der Waals surface area contributed by atoms with Gasteiger partial charge in [0.05, 0.1) is 25.0 Å². The van der Waals surface area contributed by atoms with Crippen molar-refractivity contribution in [3.05, 3.63) is 18.2 Å². The highest BCUT2D eigenvalue weighted by Crippen LogP contribution is 2.28. The lowest BCUT2D eigenvalue weighted by atomic mass is 10.2. The Balaban J connectivity index is 2.27. The molecule has 0 saturated carbocycles. The molecule has 1 aliphatic heterocycles. The van der Waals surface area contributed by atoms with E-state index in [0.717, 1.165) is 30.9 Å². The second-order valence-corrected chi connectivity index (χ2v) is 4.52. The normalized spacial score (nSPS) is 16.7. The monoisotopic (exact) mass is 249 g/mol. The van der Waals surface area contributed by atoms with E-state index in [1.807, 2.05) is 30.1 Å². The Bertz CT molecular complexity index is 448. The third kappa shape index (κ3) is 2.50. The largest absolute Gasteiger partial charge is 0.497 e. The maximum absolute atomic E-state index is 11.9. The van der Waals surface area contributed by atoms with Gasteiger partial charge in [-0.3, -0.25) is 4.79 Å². The number of benzene rings is 1. The number of rotatable bonds is 2. The molecule has 0 atom stereocenters. The molecule has 0 unspecified atom stereocenters. The van der Waals surface area contributed by atoms with Crippen molar-refractivity contribution in [2.24, 2.45) is 0 Å². The van der Waals surface area contributed by atoms with Crippen LogP contribution in [0.25, 0.3) is 0 Å². The molecule has 1 amide bonds. The van der Waals surface area contributed by atoms with Crippen LogP contribution in [0.2, 0.25) is 0 Å². The number of ether oxygens (including phenoxy) is 1. The summed E-state index contributed by atoms with van der Waals surface area (Å²) in [6.45, 7) is 1.99. The number of hydrogen-bond donors (Lipinski definition) is 1. The van der Waals surface area contributed by atoms with Gasteiger partial charge in [0.25, 0.3) is 0 Å². The fraction of sp³-hybridized carbons (Fsp3) is 0.462. The summed E-state index contributed by atoms with van der Waals surface area (Å²) in [6.07, 6.45) is 0.943. The van der Waals surface area contributed by atoms with Gasteiger partial charge >= 0.3 is 0 Å². The van der Waals surface area contributed by atoms with Crippen LogP contribution in [0.15, 0.2) is 18.2 Å². The van der Waals surface area contributed by atoms with Gasteiger partial charge < -0.3 is 20.3 Å². The first-order valence-corrected chi connectivity index (χ1v) is 6.04. The van der Waals surface area contributed by atoms with Crippen LogP contribution in [0.3, 0.4) is 0 Å². The second-order valence-electron chi connectivity index (χ2n) is 4.52. The number of carbonyl (C=O) groups excluding carboxylic acids is 1. The van der Waals surface area contributed by atoms with Gasteiger partial charge in [-0.25, -0.2) is 0 Å². The first-order valence-electron chi connectivity index (χ1n) is 6.04. The average molecular weight is 249 g/mol. The van der Waals surface area contributed by atoms with E-state index < -0.39 is 0 Å². The standard InChI is InChI=1S/C13H19N3O2/c1-15-6-3-7-16(9-13(15)17)12-8-10(18-2)4-5-11(12)14/h4-5,8H,3,6-7,9,14H2,1-2H3.